The van der Waals surface area contributed by atoms with Crippen molar-refractivity contribution in [1.29, 1.82) is 0 Å². The first-order chi connectivity index (χ1) is 11.3. The van der Waals surface area contributed by atoms with Gasteiger partial charge in [-0.15, -0.1) is 0 Å². The topological polar surface area (TPSA) is 73.2 Å². The number of nitrogens with one attached hydrogen (secondary N) is 1. The zero-order chi connectivity index (χ0) is 17.9. The SMILES string of the molecule is CCOC(=O)C1C=CC=CC1(C)NC(=O)c1cn(C)nc1C(F)F. The van der Waals surface area contributed by atoms with Crippen LogP contribution in [0.25, 0.3) is 0 Å². The van der Waals surface area contributed by atoms with Crippen molar-refractivity contribution in [3.8, 4) is 0 Å². The van der Waals surface area contributed by atoms with Crippen LogP contribution in [0, 0.1) is 5.92 Å². The van der Waals surface area contributed by atoms with Crippen LogP contribution in [0.3, 0.4) is 0 Å². The highest BCUT2D eigenvalue weighted by molar-refractivity contribution is 5.96. The van der Waals surface area contributed by atoms with E-state index in [0.717, 1.165) is 4.68 Å². The Morgan fingerprint density at radius 1 is 1.46 bits per heavy atom. The largest absolute Gasteiger partial charge is 0.465 e. The summed E-state index contributed by atoms with van der Waals surface area (Å²) in [5, 5.41) is 6.26. The van der Waals surface area contributed by atoms with Crippen LogP contribution in [0.4, 0.5) is 8.78 Å². The van der Waals surface area contributed by atoms with Crippen LogP contribution in [-0.4, -0.2) is 33.8 Å². The molecule has 130 valence electrons. The van der Waals surface area contributed by atoms with Gasteiger partial charge in [-0.1, -0.05) is 24.3 Å². The van der Waals surface area contributed by atoms with Crippen molar-refractivity contribution in [3.05, 3.63) is 41.8 Å². The Morgan fingerprint density at radius 3 is 2.79 bits per heavy atom. The Morgan fingerprint density at radius 2 is 2.17 bits per heavy atom. The van der Waals surface area contributed by atoms with Crippen LogP contribution >= 0.6 is 0 Å². The second-order valence-corrected chi connectivity index (χ2v) is 5.61. The molecular weight excluding hydrogens is 320 g/mol. The number of esters is 1. The Kier molecular flexibility index (Phi) is 5.16. The number of alkyl halides is 2. The molecule has 1 aliphatic rings. The molecule has 0 bridgehead atoms. The molecule has 2 atom stereocenters. The van der Waals surface area contributed by atoms with E-state index in [1.807, 2.05) is 0 Å². The molecule has 1 amide bonds. The van der Waals surface area contributed by atoms with E-state index >= 15 is 0 Å². The number of ether oxygens (including phenoxy) is 1. The van der Waals surface area contributed by atoms with Crippen molar-refractivity contribution >= 4 is 11.9 Å². The molecule has 0 saturated heterocycles. The maximum atomic E-state index is 13.0. The van der Waals surface area contributed by atoms with Gasteiger partial charge in [0.1, 0.15) is 11.6 Å². The summed E-state index contributed by atoms with van der Waals surface area (Å²) >= 11 is 0. The quantitative estimate of drug-likeness (QED) is 0.834. The van der Waals surface area contributed by atoms with E-state index < -0.39 is 35.5 Å². The third kappa shape index (κ3) is 3.52. The number of amides is 1. The number of allylic oxidation sites excluding steroid dienone is 2. The summed E-state index contributed by atoms with van der Waals surface area (Å²) in [6.45, 7) is 3.51. The molecule has 8 heteroatoms. The van der Waals surface area contributed by atoms with E-state index in [-0.39, 0.29) is 12.2 Å². The van der Waals surface area contributed by atoms with Gasteiger partial charge in [-0.05, 0) is 13.8 Å². The number of halogens is 2. The van der Waals surface area contributed by atoms with Gasteiger partial charge in [0.15, 0.2) is 0 Å². The van der Waals surface area contributed by atoms with Crippen molar-refractivity contribution in [2.24, 2.45) is 13.0 Å². The van der Waals surface area contributed by atoms with Crippen molar-refractivity contribution in [1.82, 2.24) is 15.1 Å². The number of hydrogen-bond donors (Lipinski definition) is 1. The second-order valence-electron chi connectivity index (χ2n) is 5.61. The number of aromatic nitrogens is 2. The zero-order valence-corrected chi connectivity index (χ0v) is 13.6. The molecule has 0 spiro atoms. The molecule has 6 nitrogen and oxygen atoms in total. The molecule has 2 unspecified atom stereocenters. The summed E-state index contributed by atoms with van der Waals surface area (Å²) in [6, 6.07) is 0. The number of aryl methyl sites for hydroxylation is 1. The van der Waals surface area contributed by atoms with Crippen molar-refractivity contribution < 1.29 is 23.1 Å². The predicted molar refractivity (Wildman–Crippen MR) is 82.4 cm³/mol. The number of nitrogens with zero attached hydrogens (tertiary/aromatic N) is 2. The summed E-state index contributed by atoms with van der Waals surface area (Å²) in [6.07, 6.45) is 4.93. The fraction of sp³-hybridized carbons (Fsp3) is 0.438. The first-order valence-corrected chi connectivity index (χ1v) is 7.45. The van der Waals surface area contributed by atoms with Crippen LogP contribution in [-0.2, 0) is 16.6 Å². The van der Waals surface area contributed by atoms with Gasteiger partial charge in [-0.2, -0.15) is 5.10 Å². The minimum absolute atomic E-state index is 0.203. The smallest absolute Gasteiger partial charge is 0.315 e. The fourth-order valence-electron chi connectivity index (χ4n) is 2.56. The maximum absolute atomic E-state index is 13.0. The fourth-order valence-corrected chi connectivity index (χ4v) is 2.56. The molecule has 1 aromatic rings. The highest BCUT2D eigenvalue weighted by atomic mass is 19.3. The van der Waals surface area contributed by atoms with Crippen LogP contribution in [0.2, 0.25) is 0 Å². The first kappa shape index (κ1) is 17.8. The van der Waals surface area contributed by atoms with Crippen LogP contribution in [0.5, 0.6) is 0 Å². The number of carbonyl (C=O) groups is 2. The molecule has 24 heavy (non-hydrogen) atoms. The van der Waals surface area contributed by atoms with Crippen LogP contribution in [0.1, 0.15) is 36.3 Å². The van der Waals surface area contributed by atoms with Crippen molar-refractivity contribution in [2.75, 3.05) is 6.61 Å². The monoisotopic (exact) mass is 339 g/mol. The van der Waals surface area contributed by atoms with Gasteiger partial charge >= 0.3 is 5.97 Å². The Bertz CT molecular complexity index is 697. The average Bonchev–Trinajstić information content (AvgIpc) is 2.90. The van der Waals surface area contributed by atoms with Crippen LogP contribution < -0.4 is 5.32 Å². The molecule has 0 aromatic carbocycles. The van der Waals surface area contributed by atoms with E-state index in [4.69, 9.17) is 4.74 Å². The molecule has 1 aliphatic carbocycles. The Labute approximate surface area is 138 Å². The second kappa shape index (κ2) is 6.94. The Hall–Kier alpha value is -2.51. The van der Waals surface area contributed by atoms with Gasteiger partial charge in [0.2, 0.25) is 0 Å². The van der Waals surface area contributed by atoms with Gasteiger partial charge in [0.05, 0.1) is 17.7 Å². The number of carbonyl (C=O) groups excluding carboxylic acids is 2. The third-order valence-electron chi connectivity index (χ3n) is 3.74. The van der Waals surface area contributed by atoms with Gasteiger partial charge in [-0.25, -0.2) is 8.78 Å². The van der Waals surface area contributed by atoms with Gasteiger partial charge in [0.25, 0.3) is 12.3 Å². The predicted octanol–water partition coefficient (Wildman–Crippen LogP) is 2.15. The van der Waals surface area contributed by atoms with E-state index in [1.165, 1.54) is 13.2 Å². The van der Waals surface area contributed by atoms with E-state index in [9.17, 15) is 18.4 Å². The van der Waals surface area contributed by atoms with Crippen molar-refractivity contribution in [3.63, 3.8) is 0 Å². The number of hydrogen-bond acceptors (Lipinski definition) is 4. The standard InChI is InChI=1S/C16H19F2N3O3/c1-4-24-15(23)11-7-5-6-8-16(11,2)19-14(22)10-9-21(3)20-12(10)13(17)18/h5-9,11,13H,4H2,1-3H3,(H,19,22). The summed E-state index contributed by atoms with van der Waals surface area (Å²) in [5.74, 6) is -1.98. The highest BCUT2D eigenvalue weighted by Gasteiger charge is 2.40. The third-order valence-corrected chi connectivity index (χ3v) is 3.74. The average molecular weight is 339 g/mol. The first-order valence-electron chi connectivity index (χ1n) is 7.45. The van der Waals surface area contributed by atoms with Crippen molar-refractivity contribution in [2.45, 2.75) is 25.8 Å². The van der Waals surface area contributed by atoms with E-state index in [2.05, 4.69) is 10.4 Å². The molecule has 0 aliphatic heterocycles. The molecular formula is C16H19F2N3O3. The maximum Gasteiger partial charge on any atom is 0.315 e. The molecule has 0 fully saturated rings. The zero-order valence-electron chi connectivity index (χ0n) is 13.6. The summed E-state index contributed by atoms with van der Waals surface area (Å²) in [7, 11) is 1.45. The lowest BCUT2D eigenvalue weighted by molar-refractivity contribution is -0.147. The summed E-state index contributed by atoms with van der Waals surface area (Å²) in [5.41, 5.74) is -1.91. The van der Waals surface area contributed by atoms with E-state index in [0.29, 0.717) is 0 Å². The lowest BCUT2D eigenvalue weighted by Crippen LogP contribution is -2.53. The summed E-state index contributed by atoms with van der Waals surface area (Å²) in [4.78, 5) is 24.6. The number of rotatable bonds is 5. The highest BCUT2D eigenvalue weighted by Crippen LogP contribution is 2.27. The molecule has 2 rings (SSSR count). The van der Waals surface area contributed by atoms with Gasteiger partial charge < -0.3 is 10.1 Å². The minimum Gasteiger partial charge on any atom is -0.465 e. The lowest BCUT2D eigenvalue weighted by atomic mass is 9.82. The van der Waals surface area contributed by atoms with Gasteiger partial charge in [0, 0.05) is 13.2 Å². The lowest BCUT2D eigenvalue weighted by Gasteiger charge is -2.34. The molecule has 1 N–H and O–H groups in total. The normalized spacial score (nSPS) is 22.7. The Balaban J connectivity index is 2.27. The van der Waals surface area contributed by atoms with Gasteiger partial charge in [-0.3, -0.25) is 14.3 Å². The molecule has 1 heterocycles. The minimum atomic E-state index is -2.87. The van der Waals surface area contributed by atoms with E-state index in [1.54, 1.807) is 38.2 Å². The molecule has 1 aromatic heterocycles. The van der Waals surface area contributed by atoms with Crippen LogP contribution in [0.15, 0.2) is 30.5 Å². The summed E-state index contributed by atoms with van der Waals surface area (Å²) < 4.78 is 32.2. The molecule has 0 saturated carbocycles. The molecule has 0 radical (unpaired) electrons.